The third kappa shape index (κ3) is 4.95. The molecule has 2 saturated heterocycles. The molecule has 2 aliphatic rings. The molecule has 2 fully saturated rings. The maximum atomic E-state index is 13.5. The Morgan fingerprint density at radius 1 is 1.18 bits per heavy atom. The van der Waals surface area contributed by atoms with Crippen LogP contribution in [0, 0.1) is 11.3 Å². The van der Waals surface area contributed by atoms with E-state index in [1.807, 2.05) is 6.07 Å². The summed E-state index contributed by atoms with van der Waals surface area (Å²) in [4.78, 5) is 11.5. The van der Waals surface area contributed by atoms with E-state index >= 15 is 0 Å². The van der Waals surface area contributed by atoms with E-state index in [9.17, 15) is 26.9 Å². The minimum absolute atomic E-state index is 0.0710. The lowest BCUT2D eigenvalue weighted by atomic mass is 10.2. The lowest BCUT2D eigenvalue weighted by molar-refractivity contribution is -0.139. The van der Waals surface area contributed by atoms with Crippen molar-refractivity contribution >= 4 is 15.8 Å². The normalized spacial score (nSPS) is 22.3. The van der Waals surface area contributed by atoms with Crippen molar-refractivity contribution in [3.63, 3.8) is 0 Å². The van der Waals surface area contributed by atoms with Crippen molar-refractivity contribution in [2.75, 3.05) is 44.3 Å². The third-order valence-corrected chi connectivity index (χ3v) is 8.09. The number of hydrogen-bond donors (Lipinski definition) is 0. The van der Waals surface area contributed by atoms with Crippen molar-refractivity contribution < 1.29 is 26.3 Å². The largest absolute Gasteiger partial charge is 0.417 e. The van der Waals surface area contributed by atoms with Crippen LogP contribution in [0.25, 0.3) is 0 Å². The molecule has 8 nitrogen and oxygen atoms in total. The second-order valence-electron chi connectivity index (χ2n) is 7.97. The van der Waals surface area contributed by atoms with E-state index in [-0.39, 0.29) is 30.6 Å². The van der Waals surface area contributed by atoms with Crippen LogP contribution < -0.4 is 4.90 Å². The molecule has 0 saturated carbocycles. The summed E-state index contributed by atoms with van der Waals surface area (Å²) < 4.78 is 72.7. The zero-order chi connectivity index (χ0) is 23.6. The fourth-order valence-electron chi connectivity index (χ4n) is 4.28. The van der Waals surface area contributed by atoms with Crippen LogP contribution in [-0.2, 0) is 20.8 Å². The highest BCUT2D eigenvalue weighted by Gasteiger charge is 2.45. The van der Waals surface area contributed by atoms with Crippen LogP contribution in [0.15, 0.2) is 41.4 Å². The quantitative estimate of drug-likeness (QED) is 0.641. The first-order valence-corrected chi connectivity index (χ1v) is 11.9. The molecule has 0 amide bonds. The molecule has 2 atom stereocenters. The van der Waals surface area contributed by atoms with Crippen LogP contribution in [-0.4, -0.2) is 74.0 Å². The van der Waals surface area contributed by atoms with Crippen LogP contribution in [0.5, 0.6) is 0 Å². The molecule has 12 heteroatoms. The predicted molar refractivity (Wildman–Crippen MR) is 112 cm³/mol. The molecular formula is C21H22F3N5O3S. The van der Waals surface area contributed by atoms with Crippen LogP contribution in [0.2, 0.25) is 0 Å². The van der Waals surface area contributed by atoms with Gasteiger partial charge in [0.05, 0.1) is 28.9 Å². The second kappa shape index (κ2) is 9.24. The van der Waals surface area contributed by atoms with Crippen LogP contribution in [0.3, 0.4) is 0 Å². The van der Waals surface area contributed by atoms with Gasteiger partial charge in [0.2, 0.25) is 5.95 Å². The fourth-order valence-corrected chi connectivity index (χ4v) is 6.23. The van der Waals surface area contributed by atoms with E-state index in [1.165, 1.54) is 24.4 Å². The van der Waals surface area contributed by atoms with Gasteiger partial charge in [-0.05, 0) is 24.6 Å². The Morgan fingerprint density at radius 3 is 2.61 bits per heavy atom. The molecule has 0 radical (unpaired) electrons. The van der Waals surface area contributed by atoms with E-state index in [0.717, 1.165) is 12.1 Å². The number of alkyl halides is 3. The molecule has 0 unspecified atom stereocenters. The summed E-state index contributed by atoms with van der Waals surface area (Å²) in [6.07, 6.45) is -3.27. The molecule has 3 heterocycles. The van der Waals surface area contributed by atoms with E-state index in [2.05, 4.69) is 14.9 Å². The maximum Gasteiger partial charge on any atom is 0.417 e. The zero-order valence-electron chi connectivity index (χ0n) is 17.6. The first-order valence-electron chi connectivity index (χ1n) is 10.4. The molecule has 2 aromatic rings. The average Bonchev–Trinajstić information content (AvgIpc) is 3.24. The number of benzene rings is 1. The first kappa shape index (κ1) is 23.4. The smallest absolute Gasteiger partial charge is 0.379 e. The predicted octanol–water partition coefficient (Wildman–Crippen LogP) is 2.12. The molecule has 176 valence electrons. The Balaban J connectivity index is 1.68. The summed E-state index contributed by atoms with van der Waals surface area (Å²) in [5, 5.41) is 8.10. The van der Waals surface area contributed by atoms with Gasteiger partial charge in [-0.25, -0.2) is 18.4 Å². The van der Waals surface area contributed by atoms with Crippen molar-refractivity contribution in [3.05, 3.63) is 47.8 Å². The van der Waals surface area contributed by atoms with Gasteiger partial charge in [0.25, 0.3) is 0 Å². The molecule has 0 N–H and O–H groups in total. The first-order chi connectivity index (χ1) is 15.7. The van der Waals surface area contributed by atoms with E-state index in [0.29, 0.717) is 32.8 Å². The zero-order valence-corrected chi connectivity index (χ0v) is 18.4. The molecule has 1 aromatic carbocycles. The Kier molecular flexibility index (Phi) is 6.56. The number of hydrogen-bond acceptors (Lipinski definition) is 8. The fraction of sp³-hybridized carbons (Fsp3) is 0.476. The van der Waals surface area contributed by atoms with Gasteiger partial charge >= 0.3 is 6.18 Å². The summed E-state index contributed by atoms with van der Waals surface area (Å²) in [6, 6.07) is 7.26. The summed E-state index contributed by atoms with van der Waals surface area (Å²) in [5.41, 5.74) is -1.05. The Morgan fingerprint density at radius 2 is 1.91 bits per heavy atom. The lowest BCUT2D eigenvalue weighted by Gasteiger charge is -2.32. The number of aromatic nitrogens is 2. The highest BCUT2D eigenvalue weighted by atomic mass is 32.2. The Labute approximate surface area is 189 Å². The minimum Gasteiger partial charge on any atom is -0.379 e. The lowest BCUT2D eigenvalue weighted by Crippen LogP contribution is -2.45. The van der Waals surface area contributed by atoms with Crippen molar-refractivity contribution in [3.8, 4) is 6.07 Å². The molecule has 1 aromatic heterocycles. The number of sulfone groups is 1. The molecule has 0 aliphatic carbocycles. The van der Waals surface area contributed by atoms with Gasteiger partial charge in [-0.3, -0.25) is 4.90 Å². The number of ether oxygens (including phenoxy) is 1. The highest BCUT2D eigenvalue weighted by molar-refractivity contribution is 7.92. The molecular weight excluding hydrogens is 459 g/mol. The van der Waals surface area contributed by atoms with Crippen LogP contribution >= 0.6 is 0 Å². The summed E-state index contributed by atoms with van der Waals surface area (Å²) >= 11 is 0. The van der Waals surface area contributed by atoms with Gasteiger partial charge in [0.1, 0.15) is 11.8 Å². The number of halogens is 3. The van der Waals surface area contributed by atoms with Gasteiger partial charge < -0.3 is 9.64 Å². The molecule has 0 spiro atoms. The highest BCUT2D eigenvalue weighted by Crippen LogP contribution is 2.38. The van der Waals surface area contributed by atoms with E-state index < -0.39 is 31.7 Å². The molecule has 0 bridgehead atoms. The minimum atomic E-state index is -4.79. The number of anilines is 1. The molecule has 4 rings (SSSR count). The maximum absolute atomic E-state index is 13.5. The Hall–Kier alpha value is -2.75. The van der Waals surface area contributed by atoms with Gasteiger partial charge in [0, 0.05) is 38.4 Å². The van der Waals surface area contributed by atoms with Gasteiger partial charge in [-0.15, -0.1) is 0 Å². The van der Waals surface area contributed by atoms with E-state index in [1.54, 1.807) is 4.90 Å². The Bertz CT molecular complexity index is 1150. The SMILES string of the molecule is N#Cc1ccnc(N2C[C@@H](S(=O)(=O)c3ccccc3C(F)(F)F)C[C@@H]2CN2CCOCC2)n1. The standard InChI is InChI=1S/C21H22F3N5O3S/c22-21(23,24)18-3-1-2-4-19(18)33(30,31)17-11-16(13-28-7-9-32-10-8-28)29(14-17)20-26-6-5-15(12-25)27-20/h1-6,16-17H,7-11,13-14H2/t16-,17+/m1/s1. The van der Waals surface area contributed by atoms with E-state index in [4.69, 9.17) is 4.74 Å². The monoisotopic (exact) mass is 481 g/mol. The summed E-state index contributed by atoms with van der Waals surface area (Å²) in [7, 11) is -4.31. The van der Waals surface area contributed by atoms with Gasteiger partial charge in [0.15, 0.2) is 9.84 Å². The molecule has 33 heavy (non-hydrogen) atoms. The van der Waals surface area contributed by atoms with Crippen molar-refractivity contribution in [1.29, 1.82) is 5.26 Å². The topological polar surface area (TPSA) is 99.4 Å². The molecule has 2 aliphatic heterocycles. The second-order valence-corrected chi connectivity index (χ2v) is 10.2. The summed E-state index contributed by atoms with van der Waals surface area (Å²) in [6.45, 7) is 2.84. The van der Waals surface area contributed by atoms with Crippen molar-refractivity contribution in [2.45, 2.75) is 28.8 Å². The van der Waals surface area contributed by atoms with Crippen LogP contribution in [0.4, 0.5) is 19.1 Å². The summed E-state index contributed by atoms with van der Waals surface area (Å²) in [5.74, 6) is 0.189. The van der Waals surface area contributed by atoms with Crippen molar-refractivity contribution in [1.82, 2.24) is 14.9 Å². The van der Waals surface area contributed by atoms with Gasteiger partial charge in [-0.2, -0.15) is 18.4 Å². The van der Waals surface area contributed by atoms with Gasteiger partial charge in [-0.1, -0.05) is 12.1 Å². The number of nitriles is 1. The van der Waals surface area contributed by atoms with Crippen LogP contribution in [0.1, 0.15) is 17.7 Å². The number of rotatable bonds is 5. The number of morpholine rings is 1. The average molecular weight is 482 g/mol. The number of nitrogens with zero attached hydrogens (tertiary/aromatic N) is 5. The third-order valence-electron chi connectivity index (χ3n) is 5.90. The van der Waals surface area contributed by atoms with Crippen molar-refractivity contribution in [2.24, 2.45) is 0 Å².